The number of nitrogens with zero attached hydrogens (tertiary/aromatic N) is 5. The third kappa shape index (κ3) is 7.31. The molecule has 250 valence electrons. The molecule has 2 saturated heterocycles. The summed E-state index contributed by atoms with van der Waals surface area (Å²) in [5.41, 5.74) is 4.20. The minimum absolute atomic E-state index is 0.0420. The predicted molar refractivity (Wildman–Crippen MR) is 183 cm³/mol. The lowest BCUT2D eigenvalue weighted by Crippen LogP contribution is -2.76. The van der Waals surface area contributed by atoms with Crippen LogP contribution in [0.15, 0.2) is 90.4 Å². The number of phenolic OH excluding ortho intramolecular Hbond substituents is 1. The number of aromatic hydroxyl groups is 1. The lowest BCUT2D eigenvalue weighted by molar-refractivity contribution is -0.189. The van der Waals surface area contributed by atoms with Gasteiger partial charge in [-0.05, 0) is 53.8 Å². The molecule has 0 bridgehead atoms. The van der Waals surface area contributed by atoms with E-state index in [1.807, 2.05) is 55.5 Å². The molecule has 4 amide bonds. The van der Waals surface area contributed by atoms with E-state index in [9.17, 15) is 24.3 Å². The minimum Gasteiger partial charge on any atom is -0.508 e. The Morgan fingerprint density at radius 2 is 1.77 bits per heavy atom. The van der Waals surface area contributed by atoms with Gasteiger partial charge in [0, 0.05) is 39.3 Å². The van der Waals surface area contributed by atoms with Crippen LogP contribution in [-0.4, -0.2) is 93.7 Å². The number of carbonyl (C=O) groups excluding carboxylic acids is 4. The summed E-state index contributed by atoms with van der Waals surface area (Å²) in [6, 6.07) is 20.5. The summed E-state index contributed by atoms with van der Waals surface area (Å²) in [7, 11) is 1.63. The van der Waals surface area contributed by atoms with Gasteiger partial charge in [-0.25, -0.2) is 14.8 Å². The smallest absolute Gasteiger partial charge is 0.334 e. The van der Waals surface area contributed by atoms with Crippen molar-refractivity contribution in [1.82, 2.24) is 25.1 Å². The molecule has 3 aromatic rings. The highest BCUT2D eigenvalue weighted by atomic mass is 16.3. The fraction of sp³-hybridized carbons (Fsp3) is 0.324. The molecule has 3 atom stereocenters. The minimum atomic E-state index is -0.906. The van der Waals surface area contributed by atoms with Crippen LogP contribution in [-0.2, 0) is 33.9 Å². The zero-order chi connectivity index (χ0) is 34.4. The van der Waals surface area contributed by atoms with Crippen molar-refractivity contribution in [3.05, 3.63) is 113 Å². The van der Waals surface area contributed by atoms with Gasteiger partial charge in [-0.1, -0.05) is 66.7 Å². The molecule has 2 heterocycles. The monoisotopic (exact) mass is 650 g/mol. The van der Waals surface area contributed by atoms with Crippen LogP contribution >= 0.6 is 0 Å². The summed E-state index contributed by atoms with van der Waals surface area (Å²) in [6.07, 6.45) is 2.65. The fourth-order valence-electron chi connectivity index (χ4n) is 6.52. The average Bonchev–Trinajstić information content (AvgIpc) is 3.07. The second-order valence-electron chi connectivity index (χ2n) is 12.1. The number of amides is 4. The van der Waals surface area contributed by atoms with Crippen molar-refractivity contribution in [3.63, 3.8) is 0 Å². The molecule has 2 aliphatic rings. The summed E-state index contributed by atoms with van der Waals surface area (Å²) in [6.45, 7) is 8.00. The quantitative estimate of drug-likeness (QED) is 0.240. The van der Waals surface area contributed by atoms with Crippen molar-refractivity contribution in [2.45, 2.75) is 51.5 Å². The number of piperazine rings is 1. The van der Waals surface area contributed by atoms with Crippen molar-refractivity contribution in [3.8, 4) is 5.75 Å². The van der Waals surface area contributed by atoms with E-state index in [0.717, 1.165) is 27.8 Å². The van der Waals surface area contributed by atoms with Gasteiger partial charge < -0.3 is 20.2 Å². The van der Waals surface area contributed by atoms with Crippen LogP contribution in [0.2, 0.25) is 0 Å². The van der Waals surface area contributed by atoms with Crippen LogP contribution in [0, 0.1) is 6.92 Å². The van der Waals surface area contributed by atoms with E-state index >= 15 is 0 Å². The molecule has 0 aliphatic carbocycles. The fourth-order valence-corrected chi connectivity index (χ4v) is 6.52. The number of Topliss-reactive ketones (excluding diaryl/α,β-unsaturated/α-hetero) is 1. The summed E-state index contributed by atoms with van der Waals surface area (Å²) in [5.74, 6) is -0.989. The molecule has 0 radical (unpaired) electrons. The third-order valence-electron chi connectivity index (χ3n) is 8.95. The summed E-state index contributed by atoms with van der Waals surface area (Å²) in [4.78, 5) is 62.1. The first-order valence-electron chi connectivity index (χ1n) is 16.0. The highest BCUT2D eigenvalue weighted by Crippen LogP contribution is 2.31. The number of urea groups is 1. The predicted octanol–water partition coefficient (Wildman–Crippen LogP) is 3.81. The number of phenols is 1. The molecule has 0 spiro atoms. The molecule has 11 nitrogen and oxygen atoms in total. The molecule has 48 heavy (non-hydrogen) atoms. The van der Waals surface area contributed by atoms with Crippen molar-refractivity contribution >= 4 is 29.8 Å². The lowest BCUT2D eigenvalue weighted by atomic mass is 9.89. The lowest BCUT2D eigenvalue weighted by Gasteiger charge is -2.55. The van der Waals surface area contributed by atoms with Crippen LogP contribution < -0.4 is 5.32 Å². The average molecular weight is 651 g/mol. The molecule has 0 aromatic heterocycles. The number of hydrazine groups is 1. The number of benzene rings is 3. The second-order valence-corrected chi connectivity index (χ2v) is 12.1. The molecule has 11 heteroatoms. The van der Waals surface area contributed by atoms with Crippen LogP contribution in [0.4, 0.5) is 4.79 Å². The Balaban J connectivity index is 1.53. The first kappa shape index (κ1) is 34.1. The standard InChI is InChI=1S/C37H42N6O5/c1-5-18-41-24-35(46)42-33(19-27-14-16-30(45)17-15-27)36(47)40(22-29-12-9-13-31(25(29)2)32(21-38-4)26(3)44)23-34(42)43(41)37(48)39-20-28-10-7-6-8-11-28/h5-17,21,32-34,45H,1,18-20,22-24H2,2-4H3,(H,39,48)/t32?,33-,34-/m0/s1. The van der Waals surface area contributed by atoms with E-state index in [4.69, 9.17) is 0 Å². The Hall–Kier alpha value is -5.29. The van der Waals surface area contributed by atoms with Crippen molar-refractivity contribution in [2.75, 3.05) is 26.7 Å². The molecule has 3 aromatic carbocycles. The summed E-state index contributed by atoms with van der Waals surface area (Å²) >= 11 is 0. The second kappa shape index (κ2) is 15.1. The van der Waals surface area contributed by atoms with Crippen molar-refractivity contribution in [1.29, 1.82) is 0 Å². The number of hydrogen-bond acceptors (Lipinski definition) is 7. The number of aliphatic imine (C=N–C) groups is 1. The number of carbonyl (C=O) groups is 4. The van der Waals surface area contributed by atoms with Crippen LogP contribution in [0.3, 0.4) is 0 Å². The number of ketones is 1. The van der Waals surface area contributed by atoms with Crippen LogP contribution in [0.25, 0.3) is 0 Å². The van der Waals surface area contributed by atoms with Crippen LogP contribution in [0.5, 0.6) is 5.75 Å². The van der Waals surface area contributed by atoms with E-state index in [2.05, 4.69) is 16.9 Å². The molecule has 2 aliphatic heterocycles. The number of nitrogens with one attached hydrogen (secondary N) is 1. The van der Waals surface area contributed by atoms with E-state index in [1.165, 1.54) is 6.92 Å². The van der Waals surface area contributed by atoms with E-state index in [1.54, 1.807) is 63.4 Å². The van der Waals surface area contributed by atoms with Gasteiger partial charge in [0.15, 0.2) is 0 Å². The van der Waals surface area contributed by atoms with Gasteiger partial charge in [-0.3, -0.25) is 19.4 Å². The molecule has 2 fully saturated rings. The maximum atomic E-state index is 14.4. The zero-order valence-corrected chi connectivity index (χ0v) is 27.6. The topological polar surface area (TPSA) is 126 Å². The Morgan fingerprint density at radius 1 is 1.04 bits per heavy atom. The number of hydrogen-bond donors (Lipinski definition) is 2. The summed E-state index contributed by atoms with van der Waals surface area (Å²) in [5, 5.41) is 16.1. The molecule has 1 unspecified atom stereocenters. The zero-order valence-electron chi connectivity index (χ0n) is 27.6. The van der Waals surface area contributed by atoms with Gasteiger partial charge in [0.2, 0.25) is 11.8 Å². The highest BCUT2D eigenvalue weighted by Gasteiger charge is 2.51. The first-order chi connectivity index (χ1) is 23.1. The first-order valence-corrected chi connectivity index (χ1v) is 16.0. The van der Waals surface area contributed by atoms with E-state index in [-0.39, 0.29) is 62.5 Å². The number of fused-ring (bicyclic) bond motifs is 1. The van der Waals surface area contributed by atoms with E-state index in [0.29, 0.717) is 0 Å². The molecule has 0 saturated carbocycles. The SMILES string of the molecule is C=CCN1CC(=O)N2[C@@H](Cc3ccc(O)cc3)C(=O)N(Cc3cccc(C(C=NC)C(C)=O)c3C)C[C@@H]2N1C(=O)NCc1ccccc1. The maximum absolute atomic E-state index is 14.4. The van der Waals surface area contributed by atoms with Crippen LogP contribution in [0.1, 0.15) is 40.7 Å². The van der Waals surface area contributed by atoms with Gasteiger partial charge in [-0.2, -0.15) is 0 Å². The summed E-state index contributed by atoms with van der Waals surface area (Å²) < 4.78 is 0. The van der Waals surface area contributed by atoms with Gasteiger partial charge in [0.25, 0.3) is 0 Å². The van der Waals surface area contributed by atoms with Gasteiger partial charge in [0.05, 0.1) is 19.0 Å². The van der Waals surface area contributed by atoms with Gasteiger partial charge >= 0.3 is 6.03 Å². The molecular weight excluding hydrogens is 608 g/mol. The van der Waals surface area contributed by atoms with Crippen molar-refractivity contribution in [2.24, 2.45) is 4.99 Å². The Labute approximate surface area is 281 Å². The Morgan fingerprint density at radius 3 is 2.44 bits per heavy atom. The van der Waals surface area contributed by atoms with Gasteiger partial charge in [-0.15, -0.1) is 6.58 Å². The van der Waals surface area contributed by atoms with Gasteiger partial charge in [0.1, 0.15) is 23.7 Å². The molecular formula is C37H42N6O5. The highest BCUT2D eigenvalue weighted by molar-refractivity contribution is 5.99. The normalized spacial score (nSPS) is 18.9. The third-order valence-corrected chi connectivity index (χ3v) is 8.95. The van der Waals surface area contributed by atoms with Crippen molar-refractivity contribution < 1.29 is 24.3 Å². The largest absolute Gasteiger partial charge is 0.508 e. The Kier molecular flexibility index (Phi) is 10.7. The Bertz CT molecular complexity index is 1690. The van der Waals surface area contributed by atoms with E-state index < -0.39 is 24.2 Å². The molecule has 2 N–H and O–H groups in total. The number of rotatable bonds is 11. The maximum Gasteiger partial charge on any atom is 0.334 e. The molecule has 5 rings (SSSR count).